The van der Waals surface area contributed by atoms with Gasteiger partial charge in [0, 0.05) is 12.4 Å². The number of nitrogens with two attached hydrogens (primary N) is 1. The Bertz CT molecular complexity index is 625. The number of carbonyl (C=O) groups is 1. The zero-order valence-electron chi connectivity index (χ0n) is 10.3. The van der Waals surface area contributed by atoms with E-state index in [9.17, 15) is 14.9 Å². The van der Waals surface area contributed by atoms with E-state index >= 15 is 0 Å². The van der Waals surface area contributed by atoms with Crippen LogP contribution in [0.25, 0.3) is 0 Å². The van der Waals surface area contributed by atoms with E-state index in [-0.39, 0.29) is 23.5 Å². The highest BCUT2D eigenvalue weighted by Gasteiger charge is 2.24. The third-order valence-corrected chi connectivity index (χ3v) is 2.59. The van der Waals surface area contributed by atoms with Crippen molar-refractivity contribution in [3.8, 4) is 0 Å². The Morgan fingerprint density at radius 3 is 2.90 bits per heavy atom. The zero-order chi connectivity index (χ0) is 14.5. The van der Waals surface area contributed by atoms with Gasteiger partial charge in [0.15, 0.2) is 0 Å². The molecule has 0 radical (unpaired) electrons. The highest BCUT2D eigenvalue weighted by molar-refractivity contribution is 6.00. The predicted molar refractivity (Wildman–Crippen MR) is 70.7 cm³/mol. The summed E-state index contributed by atoms with van der Waals surface area (Å²) >= 11 is 0. The summed E-state index contributed by atoms with van der Waals surface area (Å²) in [7, 11) is 0. The third-order valence-electron chi connectivity index (χ3n) is 2.59. The van der Waals surface area contributed by atoms with Crippen LogP contribution < -0.4 is 16.6 Å². The molecular weight excluding hydrogens is 264 g/mol. The summed E-state index contributed by atoms with van der Waals surface area (Å²) in [4.78, 5) is 29.2. The monoisotopic (exact) mass is 276 g/mol. The number of H-pyrrole nitrogens is 1. The van der Waals surface area contributed by atoms with Gasteiger partial charge in [-0.3, -0.25) is 20.8 Å². The molecule has 0 aliphatic heterocycles. The average molecular weight is 276 g/mol. The normalized spacial score (nSPS) is 10.1. The van der Waals surface area contributed by atoms with Crippen molar-refractivity contribution in [3.63, 3.8) is 0 Å². The summed E-state index contributed by atoms with van der Waals surface area (Å²) in [6, 6.07) is 4.28. The summed E-state index contributed by atoms with van der Waals surface area (Å²) < 4.78 is 0. The zero-order valence-corrected chi connectivity index (χ0v) is 10.3. The number of rotatable bonds is 5. The summed E-state index contributed by atoms with van der Waals surface area (Å²) in [5.74, 6) is 5.18. The lowest BCUT2D eigenvalue weighted by Gasteiger charge is -2.07. The number of hydrogen-bond donors (Lipinski definition) is 4. The van der Waals surface area contributed by atoms with Crippen molar-refractivity contribution in [2.45, 2.75) is 6.54 Å². The Labute approximate surface area is 113 Å². The molecule has 0 aliphatic rings. The number of imidazole rings is 1. The maximum Gasteiger partial charge on any atom is 0.306 e. The standard InChI is InChI=1S/C11H12N6O3/c12-16-8-3-1-2-7(10(8)17(19)20)11(18)15-6-9-13-4-5-14-9/h1-5,16H,6,12H2,(H,13,14)(H,15,18). The fraction of sp³-hybridized carbons (Fsp3) is 0.0909. The molecular formula is C11H12N6O3. The van der Waals surface area contributed by atoms with Gasteiger partial charge >= 0.3 is 5.69 Å². The highest BCUT2D eigenvalue weighted by atomic mass is 16.6. The number of anilines is 1. The van der Waals surface area contributed by atoms with Crippen LogP contribution in [0.1, 0.15) is 16.2 Å². The first-order valence-electron chi connectivity index (χ1n) is 5.64. The second kappa shape index (κ2) is 5.80. The molecule has 0 bridgehead atoms. The largest absolute Gasteiger partial charge is 0.347 e. The molecule has 20 heavy (non-hydrogen) atoms. The van der Waals surface area contributed by atoms with Crippen LogP contribution in [0.4, 0.5) is 11.4 Å². The minimum Gasteiger partial charge on any atom is -0.347 e. The van der Waals surface area contributed by atoms with Gasteiger partial charge in [-0.15, -0.1) is 0 Å². The second-order valence-corrected chi connectivity index (χ2v) is 3.82. The maximum absolute atomic E-state index is 12.0. The SMILES string of the molecule is NNc1cccc(C(=O)NCc2ncc[nH]2)c1[N+](=O)[O-]. The first kappa shape index (κ1) is 13.5. The van der Waals surface area contributed by atoms with Crippen LogP contribution in [-0.2, 0) is 6.54 Å². The van der Waals surface area contributed by atoms with Crippen LogP contribution in [0.15, 0.2) is 30.6 Å². The molecule has 104 valence electrons. The van der Waals surface area contributed by atoms with E-state index in [1.54, 1.807) is 12.4 Å². The highest BCUT2D eigenvalue weighted by Crippen LogP contribution is 2.27. The molecule has 1 aromatic carbocycles. The van der Waals surface area contributed by atoms with Gasteiger partial charge in [0.2, 0.25) is 0 Å². The molecule has 0 aliphatic carbocycles. The van der Waals surface area contributed by atoms with Crippen LogP contribution in [0.5, 0.6) is 0 Å². The molecule has 0 fully saturated rings. The van der Waals surface area contributed by atoms with E-state index in [2.05, 4.69) is 20.7 Å². The quantitative estimate of drug-likeness (QED) is 0.357. The van der Waals surface area contributed by atoms with E-state index in [0.717, 1.165) is 0 Å². The fourth-order valence-electron chi connectivity index (χ4n) is 1.69. The molecule has 1 aromatic heterocycles. The minimum absolute atomic E-state index is 0.0700. The van der Waals surface area contributed by atoms with E-state index in [4.69, 9.17) is 5.84 Å². The number of carbonyl (C=O) groups excluding carboxylic acids is 1. The van der Waals surface area contributed by atoms with Gasteiger partial charge in [-0.1, -0.05) is 6.07 Å². The number of hydrazine groups is 1. The van der Waals surface area contributed by atoms with Crippen molar-refractivity contribution in [1.82, 2.24) is 15.3 Å². The Kier molecular flexibility index (Phi) is 3.91. The molecule has 0 saturated heterocycles. The van der Waals surface area contributed by atoms with Crippen LogP contribution in [0, 0.1) is 10.1 Å². The van der Waals surface area contributed by atoms with E-state index < -0.39 is 10.8 Å². The number of nitrogens with one attached hydrogen (secondary N) is 3. The van der Waals surface area contributed by atoms with E-state index in [0.29, 0.717) is 5.82 Å². The maximum atomic E-state index is 12.0. The molecule has 0 spiro atoms. The predicted octanol–water partition coefficient (Wildman–Crippen LogP) is 0.533. The number of benzene rings is 1. The van der Waals surface area contributed by atoms with Crippen molar-refractivity contribution in [1.29, 1.82) is 0 Å². The number of amides is 1. The summed E-state index contributed by atoms with van der Waals surface area (Å²) in [6.45, 7) is 0.142. The van der Waals surface area contributed by atoms with Gasteiger partial charge in [0.05, 0.1) is 11.5 Å². The lowest BCUT2D eigenvalue weighted by atomic mass is 10.1. The Morgan fingerprint density at radius 1 is 1.50 bits per heavy atom. The van der Waals surface area contributed by atoms with Crippen LogP contribution >= 0.6 is 0 Å². The molecule has 2 rings (SSSR count). The molecule has 0 unspecified atom stereocenters. The number of nitrogen functional groups attached to an aromatic ring is 1. The molecule has 9 heteroatoms. The molecule has 2 aromatic rings. The topological polar surface area (TPSA) is 139 Å². The van der Waals surface area contributed by atoms with Gasteiger partial charge < -0.3 is 15.7 Å². The van der Waals surface area contributed by atoms with Gasteiger partial charge in [-0.2, -0.15) is 0 Å². The van der Waals surface area contributed by atoms with E-state index in [1.807, 2.05) is 0 Å². The minimum atomic E-state index is -0.656. The average Bonchev–Trinajstić information content (AvgIpc) is 2.96. The fourth-order valence-corrected chi connectivity index (χ4v) is 1.69. The first-order valence-corrected chi connectivity index (χ1v) is 5.64. The smallest absolute Gasteiger partial charge is 0.306 e. The summed E-state index contributed by atoms with van der Waals surface area (Å²) in [5.41, 5.74) is 1.83. The Hall–Kier alpha value is -2.94. The molecule has 1 amide bonds. The number of nitrogens with zero attached hydrogens (tertiary/aromatic N) is 2. The lowest BCUT2D eigenvalue weighted by Crippen LogP contribution is -2.24. The molecule has 0 atom stereocenters. The van der Waals surface area contributed by atoms with Crippen molar-refractivity contribution < 1.29 is 9.72 Å². The van der Waals surface area contributed by atoms with Crippen molar-refractivity contribution >= 4 is 17.3 Å². The molecule has 9 nitrogen and oxygen atoms in total. The number of aromatic nitrogens is 2. The Morgan fingerprint density at radius 2 is 2.30 bits per heavy atom. The summed E-state index contributed by atoms with van der Waals surface area (Å²) in [5, 5.41) is 13.6. The number of para-hydroxylation sites is 1. The van der Waals surface area contributed by atoms with Gasteiger partial charge in [-0.25, -0.2) is 4.98 Å². The van der Waals surface area contributed by atoms with Crippen molar-refractivity contribution in [2.24, 2.45) is 5.84 Å². The van der Waals surface area contributed by atoms with Crippen LogP contribution in [0.3, 0.4) is 0 Å². The van der Waals surface area contributed by atoms with Gasteiger partial charge in [-0.05, 0) is 12.1 Å². The Balaban J connectivity index is 2.23. The number of aromatic amines is 1. The molecule has 1 heterocycles. The van der Waals surface area contributed by atoms with Gasteiger partial charge in [0.1, 0.15) is 17.1 Å². The van der Waals surface area contributed by atoms with Crippen molar-refractivity contribution in [2.75, 3.05) is 5.43 Å². The second-order valence-electron chi connectivity index (χ2n) is 3.82. The lowest BCUT2D eigenvalue weighted by molar-refractivity contribution is -0.384. The first-order chi connectivity index (χ1) is 9.63. The van der Waals surface area contributed by atoms with Gasteiger partial charge in [0.25, 0.3) is 5.91 Å². The molecule has 0 saturated carbocycles. The van der Waals surface area contributed by atoms with E-state index in [1.165, 1.54) is 18.2 Å². The van der Waals surface area contributed by atoms with Crippen molar-refractivity contribution in [3.05, 3.63) is 52.1 Å². The number of hydrogen-bond acceptors (Lipinski definition) is 6. The summed E-state index contributed by atoms with van der Waals surface area (Å²) in [6.07, 6.45) is 3.16. The molecule has 5 N–H and O–H groups in total. The number of nitro benzene ring substituents is 1. The van der Waals surface area contributed by atoms with Crippen LogP contribution in [-0.4, -0.2) is 20.8 Å². The number of nitro groups is 1. The van der Waals surface area contributed by atoms with Crippen LogP contribution in [0.2, 0.25) is 0 Å². The third kappa shape index (κ3) is 2.72.